The molecule has 0 bridgehead atoms. The Morgan fingerprint density at radius 3 is 2.23 bits per heavy atom. The van der Waals surface area contributed by atoms with Crippen molar-refractivity contribution >= 4 is 29.9 Å². The standard InChI is InChI=1S/C15H34N4O2.HI/c1-5-7-11-20-13-14-21-12-9-18-15(16-3)17-8-10-19(4)6-2;/h5-14H2,1-4H3,(H2,16,17,18);1H. The number of ether oxygens (including phenoxy) is 2. The first-order valence-electron chi connectivity index (χ1n) is 8.03. The molecule has 0 saturated carbocycles. The molecular formula is C15H35IN4O2. The lowest BCUT2D eigenvalue weighted by Gasteiger charge is -2.16. The van der Waals surface area contributed by atoms with E-state index < -0.39 is 0 Å². The molecule has 6 nitrogen and oxygen atoms in total. The molecule has 0 aromatic heterocycles. The lowest BCUT2D eigenvalue weighted by atomic mass is 10.4. The molecule has 0 rings (SSSR count). The summed E-state index contributed by atoms with van der Waals surface area (Å²) in [6.07, 6.45) is 2.29. The van der Waals surface area contributed by atoms with Gasteiger partial charge in [0.15, 0.2) is 5.96 Å². The molecule has 0 aliphatic heterocycles. The van der Waals surface area contributed by atoms with Gasteiger partial charge in [-0.05, 0) is 20.0 Å². The smallest absolute Gasteiger partial charge is 0.191 e. The number of nitrogens with one attached hydrogen (secondary N) is 2. The quantitative estimate of drug-likeness (QED) is 0.201. The van der Waals surface area contributed by atoms with Gasteiger partial charge in [-0.25, -0.2) is 0 Å². The van der Waals surface area contributed by atoms with E-state index in [4.69, 9.17) is 9.47 Å². The number of nitrogens with zero attached hydrogens (tertiary/aromatic N) is 2. The van der Waals surface area contributed by atoms with Crippen molar-refractivity contribution in [3.8, 4) is 0 Å². The van der Waals surface area contributed by atoms with Crippen molar-refractivity contribution in [3.05, 3.63) is 0 Å². The fraction of sp³-hybridized carbons (Fsp3) is 0.933. The van der Waals surface area contributed by atoms with E-state index in [0.717, 1.165) is 45.2 Å². The van der Waals surface area contributed by atoms with Crippen LogP contribution in [0, 0.1) is 0 Å². The second kappa shape index (κ2) is 18.9. The van der Waals surface area contributed by atoms with Crippen LogP contribution in [0.4, 0.5) is 0 Å². The van der Waals surface area contributed by atoms with E-state index in [1.165, 1.54) is 6.42 Å². The molecule has 2 N–H and O–H groups in total. The van der Waals surface area contributed by atoms with E-state index in [-0.39, 0.29) is 24.0 Å². The Balaban J connectivity index is 0. The molecule has 0 aliphatic rings. The summed E-state index contributed by atoms with van der Waals surface area (Å²) in [6.45, 7) is 10.8. The maximum atomic E-state index is 5.49. The van der Waals surface area contributed by atoms with Gasteiger partial charge in [-0.2, -0.15) is 0 Å². The number of rotatable bonds is 13. The average molecular weight is 430 g/mol. The van der Waals surface area contributed by atoms with Crippen LogP contribution in [0.2, 0.25) is 0 Å². The molecule has 0 atom stereocenters. The zero-order valence-electron chi connectivity index (χ0n) is 14.7. The van der Waals surface area contributed by atoms with Crippen molar-refractivity contribution in [3.63, 3.8) is 0 Å². The summed E-state index contributed by atoms with van der Waals surface area (Å²) in [5, 5.41) is 6.50. The van der Waals surface area contributed by atoms with Gasteiger partial charge in [-0.15, -0.1) is 24.0 Å². The third kappa shape index (κ3) is 16.3. The maximum absolute atomic E-state index is 5.49. The largest absolute Gasteiger partial charge is 0.379 e. The van der Waals surface area contributed by atoms with Crippen LogP contribution < -0.4 is 10.6 Å². The van der Waals surface area contributed by atoms with E-state index in [0.29, 0.717) is 19.8 Å². The first kappa shape index (κ1) is 24.1. The summed E-state index contributed by atoms with van der Waals surface area (Å²) < 4.78 is 10.9. The Morgan fingerprint density at radius 2 is 1.64 bits per heavy atom. The second-order valence-corrected chi connectivity index (χ2v) is 4.90. The highest BCUT2D eigenvalue weighted by molar-refractivity contribution is 14.0. The molecule has 0 aliphatic carbocycles. The number of unbranched alkanes of at least 4 members (excludes halogenated alkanes) is 1. The minimum atomic E-state index is 0. The van der Waals surface area contributed by atoms with E-state index in [9.17, 15) is 0 Å². The molecule has 0 saturated heterocycles. The van der Waals surface area contributed by atoms with Gasteiger partial charge in [0.05, 0.1) is 19.8 Å². The minimum absolute atomic E-state index is 0. The third-order valence-electron chi connectivity index (χ3n) is 3.10. The van der Waals surface area contributed by atoms with Crippen LogP contribution in [-0.2, 0) is 9.47 Å². The predicted octanol–water partition coefficient (Wildman–Crippen LogP) is 1.55. The maximum Gasteiger partial charge on any atom is 0.191 e. The van der Waals surface area contributed by atoms with Gasteiger partial charge in [0, 0.05) is 33.3 Å². The van der Waals surface area contributed by atoms with Crippen molar-refractivity contribution in [2.75, 3.05) is 66.7 Å². The van der Waals surface area contributed by atoms with Gasteiger partial charge in [0.2, 0.25) is 0 Å². The number of aliphatic imine (C=N–C) groups is 1. The molecule has 7 heteroatoms. The highest BCUT2D eigenvalue weighted by atomic mass is 127. The average Bonchev–Trinajstić information content (AvgIpc) is 2.51. The van der Waals surface area contributed by atoms with E-state index in [1.807, 2.05) is 0 Å². The normalized spacial score (nSPS) is 11.4. The summed E-state index contributed by atoms with van der Waals surface area (Å²) in [6, 6.07) is 0. The zero-order chi connectivity index (χ0) is 15.8. The first-order chi connectivity index (χ1) is 10.2. The molecule has 0 unspecified atom stereocenters. The minimum Gasteiger partial charge on any atom is -0.379 e. The Bertz CT molecular complexity index is 256. The van der Waals surface area contributed by atoms with Crippen LogP contribution >= 0.6 is 24.0 Å². The van der Waals surface area contributed by atoms with Crippen molar-refractivity contribution in [1.82, 2.24) is 15.5 Å². The number of likely N-dealkylation sites (N-methyl/N-ethyl adjacent to an activating group) is 1. The van der Waals surface area contributed by atoms with Crippen LogP contribution in [0.1, 0.15) is 26.7 Å². The molecule has 0 amide bonds. The summed E-state index contributed by atoms with van der Waals surface area (Å²) in [7, 11) is 3.88. The van der Waals surface area contributed by atoms with Gasteiger partial charge in [0.25, 0.3) is 0 Å². The van der Waals surface area contributed by atoms with E-state index in [2.05, 4.69) is 41.4 Å². The topological polar surface area (TPSA) is 58.1 Å². The molecule has 22 heavy (non-hydrogen) atoms. The Morgan fingerprint density at radius 1 is 1.00 bits per heavy atom. The van der Waals surface area contributed by atoms with Gasteiger partial charge >= 0.3 is 0 Å². The highest BCUT2D eigenvalue weighted by Crippen LogP contribution is 1.87. The van der Waals surface area contributed by atoms with Crippen LogP contribution in [0.3, 0.4) is 0 Å². The molecule has 0 fully saturated rings. The van der Waals surface area contributed by atoms with Crippen molar-refractivity contribution < 1.29 is 9.47 Å². The van der Waals surface area contributed by atoms with Crippen LogP contribution in [0.5, 0.6) is 0 Å². The van der Waals surface area contributed by atoms with Gasteiger partial charge < -0.3 is 25.0 Å². The lowest BCUT2D eigenvalue weighted by molar-refractivity contribution is 0.0487. The summed E-state index contributed by atoms with van der Waals surface area (Å²) in [4.78, 5) is 6.43. The molecule has 0 aromatic carbocycles. The third-order valence-corrected chi connectivity index (χ3v) is 3.10. The Kier molecular flexibility index (Phi) is 20.8. The van der Waals surface area contributed by atoms with Gasteiger partial charge in [-0.1, -0.05) is 20.3 Å². The SMILES string of the molecule is CCCCOCCOCCNC(=NC)NCCN(C)CC.I. The number of guanidine groups is 1. The molecule has 134 valence electrons. The number of hydrogen-bond donors (Lipinski definition) is 2. The van der Waals surface area contributed by atoms with Crippen LogP contribution in [-0.4, -0.2) is 77.6 Å². The Hall–Kier alpha value is -0.120. The fourth-order valence-electron chi connectivity index (χ4n) is 1.55. The lowest BCUT2D eigenvalue weighted by Crippen LogP contribution is -2.42. The highest BCUT2D eigenvalue weighted by Gasteiger charge is 1.98. The molecular weight excluding hydrogens is 395 g/mol. The molecule has 0 heterocycles. The van der Waals surface area contributed by atoms with Crippen molar-refractivity contribution in [2.24, 2.45) is 4.99 Å². The number of hydrogen-bond acceptors (Lipinski definition) is 4. The van der Waals surface area contributed by atoms with Crippen molar-refractivity contribution in [1.29, 1.82) is 0 Å². The second-order valence-electron chi connectivity index (χ2n) is 4.90. The monoisotopic (exact) mass is 430 g/mol. The van der Waals surface area contributed by atoms with Gasteiger partial charge in [0.1, 0.15) is 0 Å². The van der Waals surface area contributed by atoms with E-state index >= 15 is 0 Å². The van der Waals surface area contributed by atoms with Crippen molar-refractivity contribution in [2.45, 2.75) is 26.7 Å². The number of halogens is 1. The molecule has 0 aromatic rings. The fourth-order valence-corrected chi connectivity index (χ4v) is 1.55. The van der Waals surface area contributed by atoms with Crippen LogP contribution in [0.15, 0.2) is 4.99 Å². The van der Waals surface area contributed by atoms with Crippen LogP contribution in [0.25, 0.3) is 0 Å². The zero-order valence-corrected chi connectivity index (χ0v) is 17.0. The first-order valence-corrected chi connectivity index (χ1v) is 8.03. The predicted molar refractivity (Wildman–Crippen MR) is 104 cm³/mol. The summed E-state index contributed by atoms with van der Waals surface area (Å²) in [5.74, 6) is 0.822. The van der Waals surface area contributed by atoms with Gasteiger partial charge in [-0.3, -0.25) is 4.99 Å². The molecule has 0 spiro atoms. The molecule has 0 radical (unpaired) electrons. The van der Waals surface area contributed by atoms with E-state index in [1.54, 1.807) is 7.05 Å². The Labute approximate surface area is 153 Å². The summed E-state index contributed by atoms with van der Waals surface area (Å²) >= 11 is 0. The summed E-state index contributed by atoms with van der Waals surface area (Å²) in [5.41, 5.74) is 0.